The average molecular weight is 470 g/mol. The Morgan fingerprint density at radius 3 is 2.32 bits per heavy atom. The summed E-state index contributed by atoms with van der Waals surface area (Å²) >= 11 is 6.15. The third kappa shape index (κ3) is 6.93. The Kier molecular flexibility index (Phi) is 8.81. The number of hydrogen-bond donors (Lipinski definition) is 3. The number of anilines is 2. The normalized spacial score (nSPS) is 11.1. The van der Waals surface area contributed by atoms with Crippen molar-refractivity contribution in [3.63, 3.8) is 0 Å². The molecule has 9 nitrogen and oxygen atoms in total. The molecule has 0 spiro atoms. The monoisotopic (exact) mass is 469 g/mol. The van der Waals surface area contributed by atoms with Gasteiger partial charge in [-0.05, 0) is 36.8 Å². The molecule has 0 aromatic heterocycles. The SMILES string of the molecule is COCCCNS(=O)(=O)c1ccc(NC(=O)c2cc(Cl)c(NC(C)=O)cc2OC)cc1. The van der Waals surface area contributed by atoms with Crippen LogP contribution in [0.25, 0.3) is 0 Å². The summed E-state index contributed by atoms with van der Waals surface area (Å²) in [5.74, 6) is -0.615. The van der Waals surface area contributed by atoms with Crippen LogP contribution in [0.5, 0.6) is 5.75 Å². The van der Waals surface area contributed by atoms with E-state index in [0.717, 1.165) is 0 Å². The lowest BCUT2D eigenvalue weighted by atomic mass is 10.1. The molecule has 2 amide bonds. The minimum absolute atomic E-state index is 0.0724. The maximum atomic E-state index is 12.7. The van der Waals surface area contributed by atoms with Gasteiger partial charge in [0.05, 0.1) is 28.3 Å². The van der Waals surface area contributed by atoms with E-state index in [-0.39, 0.29) is 33.7 Å². The number of halogens is 1. The Labute approximate surface area is 186 Å². The van der Waals surface area contributed by atoms with Crippen LogP contribution in [-0.4, -0.2) is 47.6 Å². The predicted octanol–water partition coefficient (Wildman–Crippen LogP) is 2.87. The van der Waals surface area contributed by atoms with Gasteiger partial charge in [-0.1, -0.05) is 11.6 Å². The van der Waals surface area contributed by atoms with Crippen LogP contribution < -0.4 is 20.1 Å². The summed E-state index contributed by atoms with van der Waals surface area (Å²) in [6.45, 7) is 2.04. The molecule has 0 atom stereocenters. The Hall–Kier alpha value is -2.66. The zero-order valence-electron chi connectivity index (χ0n) is 17.3. The molecule has 0 radical (unpaired) electrons. The van der Waals surface area contributed by atoms with Gasteiger partial charge in [-0.25, -0.2) is 13.1 Å². The fourth-order valence-corrected chi connectivity index (χ4v) is 3.89. The summed E-state index contributed by atoms with van der Waals surface area (Å²) in [6.07, 6.45) is 0.551. The van der Waals surface area contributed by atoms with E-state index in [1.807, 2.05) is 0 Å². The number of carbonyl (C=O) groups excluding carboxylic acids is 2. The molecule has 0 fully saturated rings. The summed E-state index contributed by atoms with van der Waals surface area (Å²) in [7, 11) is -0.730. The molecule has 2 aromatic rings. The van der Waals surface area contributed by atoms with E-state index < -0.39 is 15.9 Å². The van der Waals surface area contributed by atoms with Crippen molar-refractivity contribution in [1.29, 1.82) is 0 Å². The van der Waals surface area contributed by atoms with Crippen molar-refractivity contribution in [2.24, 2.45) is 0 Å². The maximum absolute atomic E-state index is 12.7. The lowest BCUT2D eigenvalue weighted by molar-refractivity contribution is -0.114. The van der Waals surface area contributed by atoms with Crippen LogP contribution in [0.15, 0.2) is 41.3 Å². The first kappa shape index (κ1) is 24.6. The summed E-state index contributed by atoms with van der Waals surface area (Å²) in [6, 6.07) is 8.55. The molecule has 0 bridgehead atoms. The second-order valence-corrected chi connectivity index (χ2v) is 8.61. The van der Waals surface area contributed by atoms with Gasteiger partial charge in [-0.3, -0.25) is 9.59 Å². The van der Waals surface area contributed by atoms with E-state index in [2.05, 4.69) is 15.4 Å². The molecular formula is C20H24ClN3O6S. The first-order valence-corrected chi connectivity index (χ1v) is 11.1. The van der Waals surface area contributed by atoms with Gasteiger partial charge in [0.1, 0.15) is 5.75 Å². The second kappa shape index (κ2) is 11.1. The minimum atomic E-state index is -3.66. The van der Waals surface area contributed by atoms with E-state index >= 15 is 0 Å². The van der Waals surface area contributed by atoms with Crippen molar-refractivity contribution < 1.29 is 27.5 Å². The Balaban J connectivity index is 2.14. The smallest absolute Gasteiger partial charge is 0.259 e. The second-order valence-electron chi connectivity index (χ2n) is 6.44. The molecule has 168 valence electrons. The Morgan fingerprint density at radius 2 is 1.74 bits per heavy atom. The van der Waals surface area contributed by atoms with E-state index in [1.54, 1.807) is 7.11 Å². The molecule has 0 saturated heterocycles. The van der Waals surface area contributed by atoms with E-state index in [9.17, 15) is 18.0 Å². The van der Waals surface area contributed by atoms with Gasteiger partial charge in [-0.15, -0.1) is 0 Å². The third-order valence-electron chi connectivity index (χ3n) is 4.08. The van der Waals surface area contributed by atoms with Crippen molar-refractivity contribution in [2.75, 3.05) is 38.0 Å². The first-order valence-electron chi connectivity index (χ1n) is 9.23. The van der Waals surface area contributed by atoms with Crippen molar-refractivity contribution >= 4 is 44.8 Å². The summed E-state index contributed by atoms with van der Waals surface area (Å²) in [4.78, 5) is 24.0. The Bertz CT molecular complexity index is 1040. The van der Waals surface area contributed by atoms with Crippen molar-refractivity contribution in [2.45, 2.75) is 18.2 Å². The lowest BCUT2D eigenvalue weighted by Gasteiger charge is -2.13. The van der Waals surface area contributed by atoms with Crippen LogP contribution in [0.1, 0.15) is 23.7 Å². The van der Waals surface area contributed by atoms with Crippen LogP contribution in [0.4, 0.5) is 11.4 Å². The van der Waals surface area contributed by atoms with Gasteiger partial charge < -0.3 is 20.1 Å². The summed E-state index contributed by atoms with van der Waals surface area (Å²) < 4.78 is 37.2. The largest absolute Gasteiger partial charge is 0.496 e. The number of carbonyl (C=O) groups is 2. The number of nitrogens with one attached hydrogen (secondary N) is 3. The van der Waals surface area contributed by atoms with Gasteiger partial charge in [0.25, 0.3) is 5.91 Å². The quantitative estimate of drug-likeness (QED) is 0.460. The highest BCUT2D eigenvalue weighted by atomic mass is 35.5. The molecular weight excluding hydrogens is 446 g/mol. The molecule has 0 aliphatic rings. The lowest BCUT2D eigenvalue weighted by Crippen LogP contribution is -2.25. The number of hydrogen-bond acceptors (Lipinski definition) is 6. The standard InChI is InChI=1S/C20H24ClN3O6S/c1-13(25)23-18-12-19(30-3)16(11-17(18)21)20(26)24-14-5-7-15(8-6-14)31(27,28)22-9-4-10-29-2/h5-8,11-12,22H,4,9-10H2,1-3H3,(H,23,25)(H,24,26). The van der Waals surface area contributed by atoms with Crippen LogP contribution >= 0.6 is 11.6 Å². The number of amides is 2. The van der Waals surface area contributed by atoms with Gasteiger partial charge in [0.15, 0.2) is 0 Å². The van der Waals surface area contributed by atoms with Crippen molar-refractivity contribution in [1.82, 2.24) is 4.72 Å². The van der Waals surface area contributed by atoms with E-state index in [1.165, 1.54) is 50.4 Å². The fraction of sp³-hybridized carbons (Fsp3) is 0.300. The molecule has 0 unspecified atom stereocenters. The van der Waals surface area contributed by atoms with Crippen LogP contribution in [0.2, 0.25) is 5.02 Å². The number of ether oxygens (including phenoxy) is 2. The summed E-state index contributed by atoms with van der Waals surface area (Å²) in [5.41, 5.74) is 0.848. The molecule has 11 heteroatoms. The highest BCUT2D eigenvalue weighted by molar-refractivity contribution is 7.89. The molecule has 0 aliphatic carbocycles. The fourth-order valence-electron chi connectivity index (χ4n) is 2.61. The van der Waals surface area contributed by atoms with Gasteiger partial charge in [-0.2, -0.15) is 0 Å². The van der Waals surface area contributed by atoms with Crippen molar-refractivity contribution in [3.05, 3.63) is 47.0 Å². The molecule has 0 saturated carbocycles. The number of methoxy groups -OCH3 is 2. The maximum Gasteiger partial charge on any atom is 0.259 e. The number of rotatable bonds is 10. The van der Waals surface area contributed by atoms with E-state index in [4.69, 9.17) is 21.1 Å². The minimum Gasteiger partial charge on any atom is -0.496 e. The van der Waals surface area contributed by atoms with Crippen molar-refractivity contribution in [3.8, 4) is 5.75 Å². The molecule has 2 rings (SSSR count). The van der Waals surface area contributed by atoms with Gasteiger partial charge >= 0.3 is 0 Å². The molecule has 3 N–H and O–H groups in total. The highest BCUT2D eigenvalue weighted by Crippen LogP contribution is 2.31. The van der Waals surface area contributed by atoms with Crippen LogP contribution in [0, 0.1) is 0 Å². The van der Waals surface area contributed by atoms with E-state index in [0.29, 0.717) is 24.4 Å². The predicted molar refractivity (Wildman–Crippen MR) is 118 cm³/mol. The van der Waals surface area contributed by atoms with Crippen LogP contribution in [0.3, 0.4) is 0 Å². The van der Waals surface area contributed by atoms with Gasteiger partial charge in [0, 0.05) is 38.9 Å². The third-order valence-corrected chi connectivity index (χ3v) is 5.87. The molecule has 0 heterocycles. The number of sulfonamides is 1. The number of benzene rings is 2. The van der Waals surface area contributed by atoms with Gasteiger partial charge in [0.2, 0.25) is 15.9 Å². The topological polar surface area (TPSA) is 123 Å². The summed E-state index contributed by atoms with van der Waals surface area (Å²) in [5, 5.41) is 5.38. The Morgan fingerprint density at radius 1 is 1.06 bits per heavy atom. The highest BCUT2D eigenvalue weighted by Gasteiger charge is 2.18. The molecule has 2 aromatic carbocycles. The zero-order valence-corrected chi connectivity index (χ0v) is 18.9. The van der Waals surface area contributed by atoms with Crippen LogP contribution in [-0.2, 0) is 19.6 Å². The zero-order chi connectivity index (χ0) is 23.0. The molecule has 0 aliphatic heterocycles. The first-order chi connectivity index (χ1) is 14.7. The molecule has 31 heavy (non-hydrogen) atoms. The average Bonchev–Trinajstić information content (AvgIpc) is 2.72.